The molecule has 0 aliphatic heterocycles. The Kier molecular flexibility index (Phi) is 10.5. The molecule has 0 aliphatic carbocycles. The van der Waals surface area contributed by atoms with E-state index in [2.05, 4.69) is 45.9 Å². The lowest BCUT2D eigenvalue weighted by Gasteiger charge is -2.06. The van der Waals surface area contributed by atoms with Crippen LogP contribution in [0.2, 0.25) is 5.02 Å². The van der Waals surface area contributed by atoms with Crippen molar-refractivity contribution in [3.63, 3.8) is 0 Å². The number of thioether (sulfide) groups is 1. The molecular formula is C22H29ClO2S. The summed E-state index contributed by atoms with van der Waals surface area (Å²) < 4.78 is 0. The first kappa shape index (κ1) is 22.6. The van der Waals surface area contributed by atoms with Crippen LogP contribution in [0.1, 0.15) is 63.7 Å². The van der Waals surface area contributed by atoms with Crippen molar-refractivity contribution >= 4 is 29.3 Å². The van der Waals surface area contributed by atoms with Gasteiger partial charge in [0.25, 0.3) is 0 Å². The van der Waals surface area contributed by atoms with Crippen molar-refractivity contribution in [3.05, 3.63) is 63.7 Å². The van der Waals surface area contributed by atoms with Crippen molar-refractivity contribution in [1.29, 1.82) is 0 Å². The summed E-state index contributed by atoms with van der Waals surface area (Å²) in [6, 6.07) is 4.90. The molecule has 0 aromatic heterocycles. The molecule has 0 radical (unpaired) electrons. The summed E-state index contributed by atoms with van der Waals surface area (Å²) in [4.78, 5) is 12.0. The molecule has 1 aromatic carbocycles. The van der Waals surface area contributed by atoms with E-state index in [1.54, 1.807) is 18.2 Å². The van der Waals surface area contributed by atoms with Crippen LogP contribution in [0, 0.1) is 0 Å². The van der Waals surface area contributed by atoms with Gasteiger partial charge in [0.15, 0.2) is 0 Å². The summed E-state index contributed by atoms with van der Waals surface area (Å²) in [5.74, 6) is -0.172. The zero-order valence-corrected chi connectivity index (χ0v) is 17.7. The normalized spacial score (nSPS) is 12.2. The van der Waals surface area contributed by atoms with Gasteiger partial charge in [-0.05, 0) is 71.6 Å². The number of benzene rings is 1. The molecule has 0 heterocycles. The molecule has 0 fully saturated rings. The van der Waals surface area contributed by atoms with Gasteiger partial charge in [0, 0.05) is 15.7 Å². The van der Waals surface area contributed by atoms with Crippen LogP contribution >= 0.6 is 23.4 Å². The number of aromatic carboxylic acids is 1. The molecule has 142 valence electrons. The van der Waals surface area contributed by atoms with Gasteiger partial charge in [0.2, 0.25) is 0 Å². The van der Waals surface area contributed by atoms with Gasteiger partial charge in [-0.2, -0.15) is 0 Å². The number of hydrogen-bond donors (Lipinski definition) is 1. The molecule has 1 N–H and O–H groups in total. The third kappa shape index (κ3) is 9.30. The van der Waals surface area contributed by atoms with E-state index in [0.29, 0.717) is 15.5 Å². The summed E-state index contributed by atoms with van der Waals surface area (Å²) in [6.07, 6.45) is 11.1. The van der Waals surface area contributed by atoms with Gasteiger partial charge in [-0.1, -0.05) is 46.5 Å². The molecule has 0 bridgehead atoms. The van der Waals surface area contributed by atoms with Crippen molar-refractivity contribution < 1.29 is 9.90 Å². The summed E-state index contributed by atoms with van der Waals surface area (Å²) in [5, 5.41) is 9.81. The fourth-order valence-electron chi connectivity index (χ4n) is 2.40. The SMILES string of the molecule is CC(C)=CCC/C(C)=C\CC/C(C)=C\CSc1cc(Cl)ccc1C(=O)O. The van der Waals surface area contributed by atoms with Gasteiger partial charge in [0.05, 0.1) is 5.56 Å². The van der Waals surface area contributed by atoms with Gasteiger partial charge in [-0.15, -0.1) is 11.8 Å². The van der Waals surface area contributed by atoms with Gasteiger partial charge >= 0.3 is 5.97 Å². The Morgan fingerprint density at radius 3 is 2.27 bits per heavy atom. The lowest BCUT2D eigenvalue weighted by molar-refractivity contribution is 0.0693. The molecule has 0 unspecified atom stereocenters. The fraction of sp³-hybridized carbons (Fsp3) is 0.409. The summed E-state index contributed by atoms with van der Waals surface area (Å²) in [7, 11) is 0. The lowest BCUT2D eigenvalue weighted by atomic mass is 10.1. The first-order valence-corrected chi connectivity index (χ1v) is 10.3. The highest BCUT2D eigenvalue weighted by Gasteiger charge is 2.10. The van der Waals surface area contributed by atoms with Crippen molar-refractivity contribution in [2.24, 2.45) is 0 Å². The van der Waals surface area contributed by atoms with Gasteiger partial charge in [0.1, 0.15) is 0 Å². The smallest absolute Gasteiger partial charge is 0.336 e. The van der Waals surface area contributed by atoms with Crippen molar-refractivity contribution in [2.75, 3.05) is 5.75 Å². The highest BCUT2D eigenvalue weighted by Crippen LogP contribution is 2.27. The van der Waals surface area contributed by atoms with E-state index in [0.717, 1.165) is 31.4 Å². The monoisotopic (exact) mass is 392 g/mol. The van der Waals surface area contributed by atoms with E-state index < -0.39 is 5.97 Å². The topological polar surface area (TPSA) is 37.3 Å². The second-order valence-electron chi connectivity index (χ2n) is 6.72. The second-order valence-corrected chi connectivity index (χ2v) is 8.21. The number of carboxylic acid groups (broad SMARTS) is 1. The third-order valence-electron chi connectivity index (χ3n) is 3.97. The maximum Gasteiger partial charge on any atom is 0.336 e. The van der Waals surface area contributed by atoms with E-state index in [9.17, 15) is 9.90 Å². The summed E-state index contributed by atoms with van der Waals surface area (Å²) in [6.45, 7) is 8.59. The average molecular weight is 393 g/mol. The number of rotatable bonds is 10. The number of allylic oxidation sites excluding steroid dienone is 5. The molecule has 1 aromatic rings. The van der Waals surface area contributed by atoms with Crippen molar-refractivity contribution in [2.45, 2.75) is 58.3 Å². The zero-order chi connectivity index (χ0) is 19.5. The van der Waals surface area contributed by atoms with Crippen molar-refractivity contribution in [3.8, 4) is 0 Å². The molecule has 0 amide bonds. The van der Waals surface area contributed by atoms with E-state index in [1.807, 2.05) is 0 Å². The third-order valence-corrected chi connectivity index (χ3v) is 5.18. The Bertz CT molecular complexity index is 698. The first-order chi connectivity index (χ1) is 12.3. The molecule has 0 spiro atoms. The van der Waals surface area contributed by atoms with Crippen LogP contribution in [0.3, 0.4) is 0 Å². The largest absolute Gasteiger partial charge is 0.478 e. The van der Waals surface area contributed by atoms with Crippen LogP contribution in [0.15, 0.2) is 58.0 Å². The molecule has 2 nitrogen and oxygen atoms in total. The summed E-state index contributed by atoms with van der Waals surface area (Å²) >= 11 is 7.49. The van der Waals surface area contributed by atoms with E-state index in [-0.39, 0.29) is 0 Å². The molecule has 1 rings (SSSR count). The lowest BCUT2D eigenvalue weighted by Crippen LogP contribution is -1.98. The Labute approximate surface area is 167 Å². The molecule has 0 saturated heterocycles. The van der Waals surface area contributed by atoms with Gasteiger partial charge in [-0.3, -0.25) is 0 Å². The Morgan fingerprint density at radius 1 is 1.04 bits per heavy atom. The maximum atomic E-state index is 11.3. The van der Waals surface area contributed by atoms with E-state index >= 15 is 0 Å². The van der Waals surface area contributed by atoms with Gasteiger partial charge < -0.3 is 5.11 Å². The van der Waals surface area contributed by atoms with Crippen LogP contribution in [-0.4, -0.2) is 16.8 Å². The minimum absolute atomic E-state index is 0.306. The second kappa shape index (κ2) is 12.0. The highest BCUT2D eigenvalue weighted by atomic mass is 35.5. The Hall–Kier alpha value is -1.45. The molecule has 26 heavy (non-hydrogen) atoms. The van der Waals surface area contributed by atoms with Crippen LogP contribution in [-0.2, 0) is 0 Å². The number of hydrogen-bond acceptors (Lipinski definition) is 2. The maximum absolute atomic E-state index is 11.3. The quantitative estimate of drug-likeness (QED) is 0.330. The number of carboxylic acids is 1. The number of halogens is 1. The Balaban J connectivity index is 2.46. The zero-order valence-electron chi connectivity index (χ0n) is 16.1. The first-order valence-electron chi connectivity index (χ1n) is 8.90. The minimum atomic E-state index is -0.918. The van der Waals surface area contributed by atoms with Crippen LogP contribution < -0.4 is 0 Å². The number of carbonyl (C=O) groups is 1. The standard InChI is InChI=1S/C22H29ClO2S/c1-16(2)7-5-8-17(3)9-6-10-18(4)13-14-26-21-15-19(23)11-12-20(21)22(24)25/h7,9,11-13,15H,5-6,8,10,14H2,1-4H3,(H,24,25)/b17-9-,18-13-. The van der Waals surface area contributed by atoms with Crippen molar-refractivity contribution in [1.82, 2.24) is 0 Å². The highest BCUT2D eigenvalue weighted by molar-refractivity contribution is 7.99. The predicted molar refractivity (Wildman–Crippen MR) is 115 cm³/mol. The van der Waals surface area contributed by atoms with E-state index in [1.165, 1.54) is 28.5 Å². The Morgan fingerprint density at radius 2 is 1.65 bits per heavy atom. The van der Waals surface area contributed by atoms with Gasteiger partial charge in [-0.25, -0.2) is 4.79 Å². The predicted octanol–water partition coefficient (Wildman–Crippen LogP) is 7.55. The van der Waals surface area contributed by atoms with Crippen LogP contribution in [0.5, 0.6) is 0 Å². The summed E-state index contributed by atoms with van der Waals surface area (Å²) in [5.41, 5.74) is 4.44. The van der Waals surface area contributed by atoms with Crippen LogP contribution in [0.4, 0.5) is 0 Å². The van der Waals surface area contributed by atoms with Crippen LogP contribution in [0.25, 0.3) is 0 Å². The molecule has 0 aliphatic rings. The molecule has 4 heteroatoms. The molecule has 0 saturated carbocycles. The molecule has 0 atom stereocenters. The fourth-order valence-corrected chi connectivity index (χ4v) is 3.71. The molecular weight excluding hydrogens is 364 g/mol. The minimum Gasteiger partial charge on any atom is -0.478 e. The average Bonchev–Trinajstić information content (AvgIpc) is 2.54. The van der Waals surface area contributed by atoms with E-state index in [4.69, 9.17) is 11.6 Å².